The number of hydrogen-bond donors (Lipinski definition) is 1. The van der Waals surface area contributed by atoms with E-state index in [1.165, 1.54) is 0 Å². The maximum absolute atomic E-state index is 12.2. The summed E-state index contributed by atoms with van der Waals surface area (Å²) >= 11 is 5.90. The number of aromatic nitrogens is 1. The van der Waals surface area contributed by atoms with Gasteiger partial charge in [-0.1, -0.05) is 52.7 Å². The Morgan fingerprint density at radius 3 is 2.68 bits per heavy atom. The average Bonchev–Trinajstić information content (AvgIpc) is 2.96. The molecule has 0 unspecified atom stereocenters. The topological polar surface area (TPSA) is 55.1 Å². The van der Waals surface area contributed by atoms with Crippen molar-refractivity contribution in [3.63, 3.8) is 0 Å². The van der Waals surface area contributed by atoms with E-state index in [0.29, 0.717) is 16.5 Å². The van der Waals surface area contributed by atoms with Gasteiger partial charge in [0, 0.05) is 10.6 Å². The van der Waals surface area contributed by atoms with Crippen LogP contribution < -0.4 is 5.32 Å². The second-order valence-corrected chi connectivity index (χ2v) is 5.34. The number of carbonyl (C=O) groups is 1. The highest BCUT2D eigenvalue weighted by atomic mass is 35.5. The first-order valence-corrected chi connectivity index (χ1v) is 7.10. The van der Waals surface area contributed by atoms with Gasteiger partial charge in [0.2, 0.25) is 5.88 Å². The molecule has 1 amide bonds. The molecule has 0 bridgehead atoms. The van der Waals surface area contributed by atoms with Crippen LogP contribution >= 0.6 is 11.6 Å². The third-order valence-electron chi connectivity index (χ3n) is 3.25. The molecule has 1 N–H and O–H groups in total. The molecule has 4 nitrogen and oxygen atoms in total. The highest BCUT2D eigenvalue weighted by Crippen LogP contribution is 2.28. The van der Waals surface area contributed by atoms with Gasteiger partial charge in [0.15, 0.2) is 0 Å². The van der Waals surface area contributed by atoms with E-state index in [4.69, 9.17) is 16.1 Å². The molecule has 0 aliphatic rings. The van der Waals surface area contributed by atoms with Gasteiger partial charge in [-0.15, -0.1) is 0 Å². The fourth-order valence-electron chi connectivity index (χ4n) is 2.07. The summed E-state index contributed by atoms with van der Waals surface area (Å²) in [7, 11) is 0. The summed E-state index contributed by atoms with van der Waals surface area (Å²) in [6.45, 7) is 2.01. The normalized spacial score (nSPS) is 10.5. The van der Waals surface area contributed by atoms with E-state index in [2.05, 4.69) is 10.5 Å². The van der Waals surface area contributed by atoms with Crippen molar-refractivity contribution in [3.8, 4) is 11.1 Å². The molecule has 3 rings (SSSR count). The van der Waals surface area contributed by atoms with Gasteiger partial charge in [0.1, 0.15) is 0 Å². The van der Waals surface area contributed by atoms with Gasteiger partial charge >= 0.3 is 0 Å². The van der Waals surface area contributed by atoms with Crippen molar-refractivity contribution in [2.45, 2.75) is 6.92 Å². The second kappa shape index (κ2) is 6.03. The number of hydrogen-bond acceptors (Lipinski definition) is 3. The Bertz CT molecular complexity index is 810. The zero-order valence-electron chi connectivity index (χ0n) is 11.8. The first-order valence-electron chi connectivity index (χ1n) is 6.72. The van der Waals surface area contributed by atoms with Gasteiger partial charge in [0.25, 0.3) is 5.91 Å². The van der Waals surface area contributed by atoms with Crippen molar-refractivity contribution < 1.29 is 9.32 Å². The molecular formula is C17H13ClN2O2. The first-order chi connectivity index (χ1) is 10.6. The first kappa shape index (κ1) is 14.4. The smallest absolute Gasteiger partial charge is 0.258 e. The number of benzene rings is 2. The number of rotatable bonds is 3. The van der Waals surface area contributed by atoms with Crippen molar-refractivity contribution in [2.75, 3.05) is 5.32 Å². The SMILES string of the molecule is Cc1ccc(-c2cnoc2NC(=O)c2cccc(Cl)c2)cc1. The predicted molar refractivity (Wildman–Crippen MR) is 86.1 cm³/mol. The van der Waals surface area contributed by atoms with Crippen LogP contribution in [0.2, 0.25) is 5.02 Å². The summed E-state index contributed by atoms with van der Waals surface area (Å²) in [4.78, 5) is 12.2. The molecular weight excluding hydrogens is 300 g/mol. The van der Waals surface area contributed by atoms with Crippen LogP contribution in [0.5, 0.6) is 0 Å². The Labute approximate surface area is 132 Å². The van der Waals surface area contributed by atoms with E-state index in [0.717, 1.165) is 16.7 Å². The molecule has 2 aromatic carbocycles. The maximum Gasteiger partial charge on any atom is 0.258 e. The Hall–Kier alpha value is -2.59. The summed E-state index contributed by atoms with van der Waals surface area (Å²) in [6, 6.07) is 14.6. The third kappa shape index (κ3) is 3.02. The summed E-state index contributed by atoms with van der Waals surface area (Å²) in [5, 5.41) is 6.99. The van der Waals surface area contributed by atoms with Gasteiger partial charge in [-0.2, -0.15) is 0 Å². The molecule has 0 atom stereocenters. The lowest BCUT2D eigenvalue weighted by Gasteiger charge is -2.05. The number of amides is 1. The van der Waals surface area contributed by atoms with Gasteiger partial charge < -0.3 is 4.52 Å². The van der Waals surface area contributed by atoms with Crippen LogP contribution in [-0.2, 0) is 0 Å². The Balaban J connectivity index is 1.86. The molecule has 0 saturated heterocycles. The van der Waals surface area contributed by atoms with E-state index < -0.39 is 0 Å². The van der Waals surface area contributed by atoms with Crippen LogP contribution in [0.25, 0.3) is 11.1 Å². The Morgan fingerprint density at radius 1 is 1.18 bits per heavy atom. The standard InChI is InChI=1S/C17H13ClN2O2/c1-11-5-7-12(8-6-11)15-10-19-22-17(15)20-16(21)13-3-2-4-14(18)9-13/h2-10H,1H3,(H,20,21). The van der Waals surface area contributed by atoms with Gasteiger partial charge in [-0.05, 0) is 30.7 Å². The largest absolute Gasteiger partial charge is 0.338 e. The zero-order valence-corrected chi connectivity index (χ0v) is 12.6. The molecule has 22 heavy (non-hydrogen) atoms. The molecule has 110 valence electrons. The fraction of sp³-hybridized carbons (Fsp3) is 0.0588. The van der Waals surface area contributed by atoms with Crippen molar-refractivity contribution >= 4 is 23.4 Å². The maximum atomic E-state index is 12.2. The van der Waals surface area contributed by atoms with E-state index in [1.807, 2.05) is 31.2 Å². The zero-order chi connectivity index (χ0) is 15.5. The molecule has 0 aliphatic carbocycles. The van der Waals surface area contributed by atoms with Crippen molar-refractivity contribution in [2.24, 2.45) is 0 Å². The Morgan fingerprint density at radius 2 is 1.95 bits per heavy atom. The quantitative estimate of drug-likeness (QED) is 0.771. The molecule has 5 heteroatoms. The van der Waals surface area contributed by atoms with Gasteiger partial charge in [-0.3, -0.25) is 10.1 Å². The van der Waals surface area contributed by atoms with Crippen molar-refractivity contribution in [1.82, 2.24) is 5.16 Å². The van der Waals surface area contributed by atoms with Gasteiger partial charge in [-0.25, -0.2) is 0 Å². The van der Waals surface area contributed by atoms with E-state index in [-0.39, 0.29) is 5.91 Å². The molecule has 0 spiro atoms. The number of nitrogens with one attached hydrogen (secondary N) is 1. The molecule has 1 heterocycles. The van der Waals surface area contributed by atoms with E-state index in [9.17, 15) is 4.79 Å². The number of carbonyl (C=O) groups excluding carboxylic acids is 1. The van der Waals surface area contributed by atoms with Crippen LogP contribution in [0.3, 0.4) is 0 Å². The molecule has 0 saturated carbocycles. The van der Waals surface area contributed by atoms with Crippen molar-refractivity contribution in [3.05, 3.63) is 70.9 Å². The van der Waals surface area contributed by atoms with Crippen LogP contribution in [0.15, 0.2) is 59.3 Å². The third-order valence-corrected chi connectivity index (χ3v) is 3.48. The van der Waals surface area contributed by atoms with Crippen LogP contribution in [0.4, 0.5) is 5.88 Å². The summed E-state index contributed by atoms with van der Waals surface area (Å²) in [6.07, 6.45) is 1.58. The lowest BCUT2D eigenvalue weighted by molar-refractivity contribution is 0.102. The number of halogens is 1. The number of aryl methyl sites for hydroxylation is 1. The van der Waals surface area contributed by atoms with E-state index in [1.54, 1.807) is 30.5 Å². The van der Waals surface area contributed by atoms with Crippen LogP contribution in [0.1, 0.15) is 15.9 Å². The Kier molecular flexibility index (Phi) is 3.94. The van der Waals surface area contributed by atoms with Crippen molar-refractivity contribution in [1.29, 1.82) is 0 Å². The molecule has 0 radical (unpaired) electrons. The molecule has 3 aromatic rings. The summed E-state index contributed by atoms with van der Waals surface area (Å²) in [5.74, 6) is 0.0152. The van der Waals surface area contributed by atoms with Crippen LogP contribution in [0, 0.1) is 6.92 Å². The molecule has 1 aromatic heterocycles. The van der Waals surface area contributed by atoms with Gasteiger partial charge in [0.05, 0.1) is 11.8 Å². The fourth-order valence-corrected chi connectivity index (χ4v) is 2.26. The lowest BCUT2D eigenvalue weighted by atomic mass is 10.1. The second-order valence-electron chi connectivity index (χ2n) is 4.90. The highest BCUT2D eigenvalue weighted by Gasteiger charge is 2.14. The number of nitrogens with zero attached hydrogens (tertiary/aromatic N) is 1. The summed E-state index contributed by atoms with van der Waals surface area (Å²) < 4.78 is 5.16. The minimum atomic E-state index is -0.299. The number of anilines is 1. The minimum Gasteiger partial charge on any atom is -0.338 e. The average molecular weight is 313 g/mol. The monoisotopic (exact) mass is 312 g/mol. The summed E-state index contributed by atoms with van der Waals surface area (Å²) in [5.41, 5.74) is 3.27. The predicted octanol–water partition coefficient (Wildman–Crippen LogP) is 4.56. The highest BCUT2D eigenvalue weighted by molar-refractivity contribution is 6.31. The lowest BCUT2D eigenvalue weighted by Crippen LogP contribution is -2.11. The van der Waals surface area contributed by atoms with E-state index >= 15 is 0 Å². The minimum absolute atomic E-state index is 0.299. The molecule has 0 fully saturated rings. The van der Waals surface area contributed by atoms with Crippen LogP contribution in [-0.4, -0.2) is 11.1 Å². The molecule has 0 aliphatic heterocycles.